The SMILES string of the molecule is Cc1ccc(-c2ccc(-c3ccc(C(F)(F)F)s3)c(F)c2)c(F)c1. The summed E-state index contributed by atoms with van der Waals surface area (Å²) in [5, 5.41) is 0. The molecule has 0 radical (unpaired) electrons. The zero-order chi connectivity index (χ0) is 17.5. The van der Waals surface area contributed by atoms with Crippen molar-refractivity contribution in [3.05, 3.63) is 70.6 Å². The third-order valence-electron chi connectivity index (χ3n) is 3.56. The standard InChI is InChI=1S/C18H11F5S/c1-10-2-4-12(14(19)8-10)11-3-5-13(15(20)9-11)16-6-7-17(24-16)18(21,22)23/h2-9H,1H3. The van der Waals surface area contributed by atoms with Gasteiger partial charge in [-0.05, 0) is 48.4 Å². The Morgan fingerprint density at radius 1 is 0.792 bits per heavy atom. The molecule has 0 nitrogen and oxygen atoms in total. The molecule has 0 aliphatic carbocycles. The van der Waals surface area contributed by atoms with Crippen LogP contribution in [0.3, 0.4) is 0 Å². The molecule has 0 unspecified atom stereocenters. The van der Waals surface area contributed by atoms with Crippen molar-refractivity contribution in [3.8, 4) is 21.6 Å². The molecule has 0 spiro atoms. The Morgan fingerprint density at radius 3 is 2.04 bits per heavy atom. The van der Waals surface area contributed by atoms with E-state index in [2.05, 4.69) is 0 Å². The Balaban J connectivity index is 2.00. The number of alkyl halides is 3. The van der Waals surface area contributed by atoms with Crippen LogP contribution in [0.15, 0.2) is 48.5 Å². The van der Waals surface area contributed by atoms with Gasteiger partial charge in [0, 0.05) is 16.0 Å². The molecule has 0 atom stereocenters. The lowest BCUT2D eigenvalue weighted by atomic mass is 10.0. The van der Waals surface area contributed by atoms with Crippen molar-refractivity contribution < 1.29 is 22.0 Å². The Hall–Kier alpha value is -2.21. The van der Waals surface area contributed by atoms with Crippen LogP contribution in [0.25, 0.3) is 21.6 Å². The van der Waals surface area contributed by atoms with Crippen molar-refractivity contribution in [2.45, 2.75) is 13.1 Å². The second kappa shape index (κ2) is 6.02. The second-order valence-electron chi connectivity index (χ2n) is 5.34. The van der Waals surface area contributed by atoms with Crippen LogP contribution in [0.2, 0.25) is 0 Å². The number of halogens is 5. The highest BCUT2D eigenvalue weighted by molar-refractivity contribution is 7.15. The molecule has 3 rings (SSSR count). The molecule has 3 aromatic rings. The molecule has 0 saturated heterocycles. The Labute approximate surface area is 139 Å². The van der Waals surface area contributed by atoms with Gasteiger partial charge in [0.25, 0.3) is 0 Å². The summed E-state index contributed by atoms with van der Waals surface area (Å²) in [4.78, 5) is -0.610. The van der Waals surface area contributed by atoms with Gasteiger partial charge in [0.1, 0.15) is 16.5 Å². The van der Waals surface area contributed by atoms with Gasteiger partial charge in [-0.1, -0.05) is 18.2 Å². The molecule has 0 bridgehead atoms. The molecule has 0 aliphatic heterocycles. The molecule has 0 saturated carbocycles. The van der Waals surface area contributed by atoms with E-state index in [0.29, 0.717) is 16.9 Å². The Morgan fingerprint density at radius 2 is 1.46 bits per heavy atom. The van der Waals surface area contributed by atoms with Gasteiger partial charge in [0.15, 0.2) is 0 Å². The summed E-state index contributed by atoms with van der Waals surface area (Å²) in [5.41, 5.74) is 1.38. The van der Waals surface area contributed by atoms with Crippen LogP contribution in [0.4, 0.5) is 22.0 Å². The van der Waals surface area contributed by atoms with E-state index in [-0.39, 0.29) is 16.0 Å². The van der Waals surface area contributed by atoms with Crippen molar-refractivity contribution in [1.82, 2.24) is 0 Å². The quantitative estimate of drug-likeness (QED) is 0.450. The third kappa shape index (κ3) is 3.19. The fourth-order valence-corrected chi connectivity index (χ4v) is 3.27. The number of benzene rings is 2. The third-order valence-corrected chi connectivity index (χ3v) is 4.72. The maximum atomic E-state index is 14.3. The first-order valence-corrected chi connectivity index (χ1v) is 7.81. The molecule has 0 N–H and O–H groups in total. The molecule has 124 valence electrons. The molecule has 1 aromatic heterocycles. The van der Waals surface area contributed by atoms with Crippen LogP contribution in [0.5, 0.6) is 0 Å². The van der Waals surface area contributed by atoms with Gasteiger partial charge in [-0.15, -0.1) is 11.3 Å². The van der Waals surface area contributed by atoms with Gasteiger partial charge in [-0.25, -0.2) is 8.78 Å². The zero-order valence-electron chi connectivity index (χ0n) is 12.4. The normalized spacial score (nSPS) is 11.8. The molecule has 0 fully saturated rings. The van der Waals surface area contributed by atoms with Crippen molar-refractivity contribution in [2.24, 2.45) is 0 Å². The zero-order valence-corrected chi connectivity index (χ0v) is 13.2. The highest BCUT2D eigenvalue weighted by atomic mass is 32.1. The summed E-state index contributed by atoms with van der Waals surface area (Å²) in [7, 11) is 0. The first-order chi connectivity index (χ1) is 11.3. The largest absolute Gasteiger partial charge is 0.425 e. The van der Waals surface area contributed by atoms with E-state index in [9.17, 15) is 22.0 Å². The minimum absolute atomic E-state index is 0.0618. The van der Waals surface area contributed by atoms with E-state index in [1.54, 1.807) is 19.1 Å². The summed E-state index contributed by atoms with van der Waals surface area (Å²) in [6.45, 7) is 1.74. The van der Waals surface area contributed by atoms with Gasteiger partial charge in [-0.2, -0.15) is 13.2 Å². The molecular formula is C18H11F5S. The van der Waals surface area contributed by atoms with Gasteiger partial charge in [-0.3, -0.25) is 0 Å². The van der Waals surface area contributed by atoms with E-state index >= 15 is 0 Å². The maximum Gasteiger partial charge on any atom is 0.425 e. The minimum Gasteiger partial charge on any atom is -0.206 e. The fraction of sp³-hybridized carbons (Fsp3) is 0.111. The summed E-state index contributed by atoms with van der Waals surface area (Å²) < 4.78 is 66.3. The average Bonchev–Trinajstić information content (AvgIpc) is 2.96. The molecule has 24 heavy (non-hydrogen) atoms. The van der Waals surface area contributed by atoms with Crippen LogP contribution >= 0.6 is 11.3 Å². The molecule has 2 aromatic carbocycles. The van der Waals surface area contributed by atoms with Gasteiger partial charge < -0.3 is 0 Å². The first kappa shape index (κ1) is 16.6. The lowest BCUT2D eigenvalue weighted by molar-refractivity contribution is -0.134. The van der Waals surface area contributed by atoms with Crippen molar-refractivity contribution >= 4 is 11.3 Å². The first-order valence-electron chi connectivity index (χ1n) is 6.99. The van der Waals surface area contributed by atoms with E-state index in [1.165, 1.54) is 24.3 Å². The molecule has 0 aliphatic rings. The number of rotatable bonds is 2. The number of hydrogen-bond donors (Lipinski definition) is 0. The molecule has 1 heterocycles. The lowest BCUT2D eigenvalue weighted by Crippen LogP contribution is -2.00. The van der Waals surface area contributed by atoms with Gasteiger partial charge in [0.2, 0.25) is 0 Å². The highest BCUT2D eigenvalue weighted by Crippen LogP contribution is 2.39. The van der Waals surface area contributed by atoms with Gasteiger partial charge >= 0.3 is 6.18 Å². The Kier molecular flexibility index (Phi) is 4.17. The lowest BCUT2D eigenvalue weighted by Gasteiger charge is -2.07. The fourth-order valence-electron chi connectivity index (χ4n) is 2.37. The monoisotopic (exact) mass is 354 g/mol. The van der Waals surface area contributed by atoms with E-state index in [4.69, 9.17) is 0 Å². The van der Waals surface area contributed by atoms with Crippen molar-refractivity contribution in [1.29, 1.82) is 0 Å². The molecular weight excluding hydrogens is 343 g/mol. The highest BCUT2D eigenvalue weighted by Gasteiger charge is 2.32. The summed E-state index contributed by atoms with van der Waals surface area (Å²) >= 11 is 0.475. The van der Waals surface area contributed by atoms with Crippen LogP contribution in [-0.4, -0.2) is 0 Å². The van der Waals surface area contributed by atoms with Crippen LogP contribution < -0.4 is 0 Å². The minimum atomic E-state index is -4.45. The van der Waals surface area contributed by atoms with Crippen LogP contribution in [-0.2, 0) is 6.18 Å². The van der Waals surface area contributed by atoms with Crippen molar-refractivity contribution in [3.63, 3.8) is 0 Å². The smallest absolute Gasteiger partial charge is 0.206 e. The average molecular weight is 354 g/mol. The molecule has 6 heteroatoms. The van der Waals surface area contributed by atoms with E-state index in [0.717, 1.165) is 17.7 Å². The number of hydrogen-bond acceptors (Lipinski definition) is 1. The van der Waals surface area contributed by atoms with Crippen LogP contribution in [0.1, 0.15) is 10.4 Å². The maximum absolute atomic E-state index is 14.3. The topological polar surface area (TPSA) is 0 Å². The van der Waals surface area contributed by atoms with Crippen molar-refractivity contribution in [2.75, 3.05) is 0 Å². The Bertz CT molecular complexity index is 893. The summed E-state index contributed by atoms with van der Waals surface area (Å²) in [6.07, 6.45) is -4.45. The summed E-state index contributed by atoms with van der Waals surface area (Å²) in [6, 6.07) is 10.8. The van der Waals surface area contributed by atoms with E-state index in [1.807, 2.05) is 0 Å². The van der Waals surface area contributed by atoms with Gasteiger partial charge in [0.05, 0.1) is 0 Å². The van der Waals surface area contributed by atoms with Crippen LogP contribution in [0, 0.1) is 18.6 Å². The number of aryl methyl sites for hydroxylation is 1. The molecule has 0 amide bonds. The number of thiophene rings is 1. The summed E-state index contributed by atoms with van der Waals surface area (Å²) in [5.74, 6) is -1.17. The predicted octanol–water partition coefficient (Wildman–Crippen LogP) is 6.69. The second-order valence-corrected chi connectivity index (χ2v) is 6.42. The van der Waals surface area contributed by atoms with E-state index < -0.39 is 22.7 Å². The predicted molar refractivity (Wildman–Crippen MR) is 84.8 cm³/mol.